The largest absolute Gasteiger partial charge is 0.262 e. The maximum absolute atomic E-state index is 4.86. The molecule has 0 saturated carbocycles. The van der Waals surface area contributed by atoms with Crippen LogP contribution in [-0.4, -0.2) is 10.1 Å². The van der Waals surface area contributed by atoms with Crippen molar-refractivity contribution in [3.8, 4) is 0 Å². The Balaban J connectivity index is 2.15. The van der Waals surface area contributed by atoms with Crippen LogP contribution in [0.25, 0.3) is 27.3 Å². The molecular formula is C18H17BrN3+. The predicted octanol–water partition coefficient (Wildman–Crippen LogP) is 4.34. The molecule has 0 amide bonds. The summed E-state index contributed by atoms with van der Waals surface area (Å²) in [6.45, 7) is 4.38. The summed E-state index contributed by atoms with van der Waals surface area (Å²) in [4.78, 5) is 4.86. The smallest absolute Gasteiger partial charge is 0.241 e. The minimum Gasteiger partial charge on any atom is -0.241 e. The second-order valence-corrected chi connectivity index (χ2v) is 6.49. The lowest BCUT2D eigenvalue weighted by molar-refractivity contribution is -0.580. The number of hydrogen-bond donors (Lipinski definition) is 1. The van der Waals surface area contributed by atoms with Crippen molar-refractivity contribution in [1.82, 2.24) is 10.1 Å². The summed E-state index contributed by atoms with van der Waals surface area (Å²) in [7, 11) is 0. The van der Waals surface area contributed by atoms with Gasteiger partial charge in [-0.2, -0.15) is 5.10 Å². The monoisotopic (exact) mass is 354 g/mol. The van der Waals surface area contributed by atoms with E-state index in [4.69, 9.17) is 4.98 Å². The van der Waals surface area contributed by atoms with Crippen LogP contribution in [0.15, 0.2) is 41.0 Å². The first-order valence-corrected chi connectivity index (χ1v) is 8.44. The first-order valence-electron chi connectivity index (χ1n) is 7.65. The summed E-state index contributed by atoms with van der Waals surface area (Å²) in [5, 5.41) is 5.93. The van der Waals surface area contributed by atoms with Crippen LogP contribution >= 0.6 is 15.9 Å². The predicted molar refractivity (Wildman–Crippen MR) is 93.2 cm³/mol. The van der Waals surface area contributed by atoms with E-state index >= 15 is 0 Å². The molecule has 3 aromatic heterocycles. The number of rotatable bonds is 2. The summed E-state index contributed by atoms with van der Waals surface area (Å²) < 4.78 is 3.15. The molecule has 110 valence electrons. The molecule has 0 aliphatic rings. The highest BCUT2D eigenvalue weighted by Crippen LogP contribution is 2.29. The lowest BCUT2D eigenvalue weighted by Crippen LogP contribution is -2.28. The second-order valence-electron chi connectivity index (χ2n) is 5.57. The standard InChI is InChI=1S/C18H16BrN3/c1-3-11-9-17-18-14(7-8-22(17)21-15(11)4-2)13-6-5-12(19)10-16(13)20-18/h5-10H,3-4H2,1-2H3/p+1. The molecule has 0 aliphatic heterocycles. The van der Waals surface area contributed by atoms with Crippen LogP contribution < -0.4 is 4.52 Å². The lowest BCUT2D eigenvalue weighted by Gasteiger charge is -2.04. The number of pyridine rings is 1. The van der Waals surface area contributed by atoms with Crippen LogP contribution in [0.5, 0.6) is 0 Å². The molecule has 4 aromatic rings. The summed E-state index contributed by atoms with van der Waals surface area (Å²) in [5.41, 5.74) is 5.89. The Hall–Kier alpha value is -1.94. The summed E-state index contributed by atoms with van der Waals surface area (Å²) in [6.07, 6.45) is 4.13. The van der Waals surface area contributed by atoms with Gasteiger partial charge in [0.2, 0.25) is 6.20 Å². The van der Waals surface area contributed by atoms with Crippen molar-refractivity contribution < 1.29 is 4.52 Å². The number of aromatic nitrogens is 3. The minimum absolute atomic E-state index is 1.01. The molecule has 0 saturated heterocycles. The molecule has 0 fully saturated rings. The zero-order valence-corrected chi connectivity index (χ0v) is 14.2. The van der Waals surface area contributed by atoms with Gasteiger partial charge in [-0.3, -0.25) is 0 Å². The van der Waals surface area contributed by atoms with Gasteiger partial charge < -0.3 is 0 Å². The number of nitrogens with zero attached hydrogens (tertiary/aromatic N) is 2. The first-order chi connectivity index (χ1) is 10.7. The van der Waals surface area contributed by atoms with E-state index in [1.165, 1.54) is 22.0 Å². The fraction of sp³-hybridized carbons (Fsp3) is 0.222. The van der Waals surface area contributed by atoms with Gasteiger partial charge in [-0.05, 0) is 30.5 Å². The van der Waals surface area contributed by atoms with E-state index < -0.39 is 0 Å². The Kier molecular flexibility index (Phi) is 3.15. The van der Waals surface area contributed by atoms with Crippen molar-refractivity contribution in [3.05, 3.63) is 52.3 Å². The Morgan fingerprint density at radius 3 is 2.73 bits per heavy atom. The Morgan fingerprint density at radius 1 is 1.09 bits per heavy atom. The average Bonchev–Trinajstić information content (AvgIpc) is 2.91. The van der Waals surface area contributed by atoms with Crippen LogP contribution in [0.2, 0.25) is 0 Å². The van der Waals surface area contributed by atoms with Crippen molar-refractivity contribution in [3.63, 3.8) is 0 Å². The third kappa shape index (κ3) is 1.94. The van der Waals surface area contributed by atoms with E-state index in [0.717, 1.165) is 33.9 Å². The Bertz CT molecular complexity index is 1020. The summed E-state index contributed by atoms with van der Waals surface area (Å²) >= 11 is 3.53. The third-order valence-corrected chi connectivity index (χ3v) is 4.81. The number of halogens is 1. The van der Waals surface area contributed by atoms with Crippen LogP contribution in [0.4, 0.5) is 0 Å². The van der Waals surface area contributed by atoms with Crippen molar-refractivity contribution in [2.75, 3.05) is 0 Å². The lowest BCUT2D eigenvalue weighted by atomic mass is 10.1. The first kappa shape index (κ1) is 13.7. The van der Waals surface area contributed by atoms with Crippen LogP contribution in [0, 0.1) is 0 Å². The number of fused-ring (bicyclic) bond motifs is 5. The number of aryl methyl sites for hydroxylation is 2. The van der Waals surface area contributed by atoms with Gasteiger partial charge in [0, 0.05) is 27.4 Å². The maximum atomic E-state index is 4.86. The quantitative estimate of drug-likeness (QED) is 0.533. The number of benzene rings is 1. The average molecular weight is 355 g/mol. The van der Waals surface area contributed by atoms with Gasteiger partial charge in [0.25, 0.3) is 5.52 Å². The molecule has 0 unspecified atom stereocenters. The molecule has 1 aromatic carbocycles. The van der Waals surface area contributed by atoms with Crippen LogP contribution in [0.3, 0.4) is 0 Å². The number of hydrogen-bond acceptors (Lipinski definition) is 1. The fourth-order valence-corrected chi connectivity index (χ4v) is 3.52. The zero-order valence-electron chi connectivity index (χ0n) is 12.7. The SMILES string of the molecule is CCc1cc2c3nc4cc(Br)ccc4c3cc[n+]2[nH]c1CC. The molecular weight excluding hydrogens is 338 g/mol. The van der Waals surface area contributed by atoms with Crippen LogP contribution in [0.1, 0.15) is 25.1 Å². The molecule has 4 heteroatoms. The van der Waals surface area contributed by atoms with Crippen molar-refractivity contribution >= 4 is 43.3 Å². The fourth-order valence-electron chi connectivity index (χ4n) is 3.17. The minimum atomic E-state index is 1.01. The van der Waals surface area contributed by atoms with E-state index in [1.807, 2.05) is 0 Å². The van der Waals surface area contributed by atoms with Gasteiger partial charge >= 0.3 is 0 Å². The summed E-state index contributed by atoms with van der Waals surface area (Å²) in [6, 6.07) is 10.7. The molecule has 3 heterocycles. The highest BCUT2D eigenvalue weighted by Gasteiger charge is 2.16. The molecule has 0 atom stereocenters. The van der Waals surface area contributed by atoms with Gasteiger partial charge in [-0.15, -0.1) is 0 Å². The molecule has 0 spiro atoms. The normalized spacial score (nSPS) is 11.8. The van der Waals surface area contributed by atoms with Gasteiger partial charge in [0.1, 0.15) is 5.52 Å². The summed E-state index contributed by atoms with van der Waals surface area (Å²) in [5.74, 6) is 0. The highest BCUT2D eigenvalue weighted by atomic mass is 79.9. The van der Waals surface area contributed by atoms with Gasteiger partial charge in [0.15, 0.2) is 0 Å². The third-order valence-electron chi connectivity index (χ3n) is 4.32. The number of H-pyrrole nitrogens is 1. The van der Waals surface area contributed by atoms with Crippen molar-refractivity contribution in [2.24, 2.45) is 0 Å². The van der Waals surface area contributed by atoms with E-state index in [0.29, 0.717) is 0 Å². The molecule has 0 radical (unpaired) electrons. The van der Waals surface area contributed by atoms with Crippen LogP contribution in [-0.2, 0) is 12.8 Å². The molecule has 3 nitrogen and oxygen atoms in total. The van der Waals surface area contributed by atoms with Crippen molar-refractivity contribution in [2.45, 2.75) is 26.7 Å². The molecule has 0 bridgehead atoms. The van der Waals surface area contributed by atoms with Gasteiger partial charge in [0.05, 0.1) is 11.2 Å². The van der Waals surface area contributed by atoms with Crippen molar-refractivity contribution in [1.29, 1.82) is 0 Å². The topological polar surface area (TPSA) is 32.8 Å². The highest BCUT2D eigenvalue weighted by molar-refractivity contribution is 9.10. The molecule has 22 heavy (non-hydrogen) atoms. The Morgan fingerprint density at radius 2 is 1.95 bits per heavy atom. The van der Waals surface area contributed by atoms with E-state index in [1.54, 1.807) is 0 Å². The Labute approximate surface area is 137 Å². The molecule has 4 rings (SSSR count). The molecule has 0 aliphatic carbocycles. The van der Waals surface area contributed by atoms with Gasteiger partial charge in [-0.25, -0.2) is 4.98 Å². The van der Waals surface area contributed by atoms with E-state index in [9.17, 15) is 0 Å². The number of aromatic amines is 1. The maximum Gasteiger partial charge on any atom is 0.262 e. The zero-order chi connectivity index (χ0) is 15.3. The van der Waals surface area contributed by atoms with Gasteiger partial charge in [-0.1, -0.05) is 40.4 Å². The van der Waals surface area contributed by atoms with E-state index in [-0.39, 0.29) is 0 Å². The number of nitrogens with one attached hydrogen (secondary N) is 1. The van der Waals surface area contributed by atoms with E-state index in [2.05, 4.69) is 75.9 Å². The second kappa shape index (κ2) is 5.06. The molecule has 1 N–H and O–H groups in total.